The molecule has 1 aromatic rings. The summed E-state index contributed by atoms with van der Waals surface area (Å²) in [6.07, 6.45) is 0. The molecule has 1 heterocycles. The Morgan fingerprint density at radius 1 is 1.47 bits per heavy atom. The molecule has 0 aliphatic rings. The summed E-state index contributed by atoms with van der Waals surface area (Å²) in [6.45, 7) is 5.08. The van der Waals surface area contributed by atoms with Crippen molar-refractivity contribution in [2.24, 2.45) is 0 Å². The van der Waals surface area contributed by atoms with Gasteiger partial charge < -0.3 is 21.1 Å². The van der Waals surface area contributed by atoms with Crippen LogP contribution in [0.4, 0.5) is 11.6 Å². The SMILES string of the molecule is COCCNC(=O)CNc1cc(N)nc(C(C)C)n1. The summed E-state index contributed by atoms with van der Waals surface area (Å²) < 4.78 is 4.84. The molecule has 0 fully saturated rings. The molecule has 1 rings (SSSR count). The third-order valence-electron chi connectivity index (χ3n) is 2.34. The van der Waals surface area contributed by atoms with Gasteiger partial charge in [0, 0.05) is 25.6 Å². The van der Waals surface area contributed by atoms with Crippen molar-refractivity contribution in [1.82, 2.24) is 15.3 Å². The molecule has 0 unspecified atom stereocenters. The first-order valence-corrected chi connectivity index (χ1v) is 6.17. The number of nitrogens with two attached hydrogens (primary N) is 1. The summed E-state index contributed by atoms with van der Waals surface area (Å²) in [7, 11) is 1.58. The quantitative estimate of drug-likeness (QED) is 0.616. The highest BCUT2D eigenvalue weighted by molar-refractivity contribution is 5.80. The zero-order valence-corrected chi connectivity index (χ0v) is 11.6. The lowest BCUT2D eigenvalue weighted by Crippen LogP contribution is -2.32. The lowest BCUT2D eigenvalue weighted by Gasteiger charge is -2.10. The Morgan fingerprint density at radius 3 is 2.84 bits per heavy atom. The maximum atomic E-state index is 11.5. The van der Waals surface area contributed by atoms with E-state index in [1.54, 1.807) is 13.2 Å². The minimum absolute atomic E-state index is 0.125. The number of rotatable bonds is 7. The Morgan fingerprint density at radius 2 is 2.21 bits per heavy atom. The van der Waals surface area contributed by atoms with E-state index in [2.05, 4.69) is 20.6 Å². The van der Waals surface area contributed by atoms with Crippen molar-refractivity contribution in [2.45, 2.75) is 19.8 Å². The number of methoxy groups -OCH3 is 1. The summed E-state index contributed by atoms with van der Waals surface area (Å²) in [6, 6.07) is 1.61. The summed E-state index contributed by atoms with van der Waals surface area (Å²) in [5, 5.41) is 5.63. The third-order valence-corrected chi connectivity index (χ3v) is 2.34. The smallest absolute Gasteiger partial charge is 0.239 e. The number of nitrogens with zero attached hydrogens (tertiary/aromatic N) is 2. The number of anilines is 2. The molecule has 1 amide bonds. The van der Waals surface area contributed by atoms with Crippen LogP contribution in [0.3, 0.4) is 0 Å². The van der Waals surface area contributed by atoms with Crippen LogP contribution in [0.5, 0.6) is 0 Å². The average Bonchev–Trinajstić information content (AvgIpc) is 2.36. The zero-order chi connectivity index (χ0) is 14.3. The van der Waals surface area contributed by atoms with Crippen molar-refractivity contribution in [3.63, 3.8) is 0 Å². The van der Waals surface area contributed by atoms with E-state index in [-0.39, 0.29) is 18.4 Å². The van der Waals surface area contributed by atoms with Gasteiger partial charge in [0.25, 0.3) is 0 Å². The normalized spacial score (nSPS) is 10.5. The van der Waals surface area contributed by atoms with Gasteiger partial charge in [-0.05, 0) is 0 Å². The van der Waals surface area contributed by atoms with Crippen LogP contribution in [0.15, 0.2) is 6.07 Å². The van der Waals surface area contributed by atoms with Crippen LogP contribution in [0.25, 0.3) is 0 Å². The monoisotopic (exact) mass is 267 g/mol. The number of carbonyl (C=O) groups excluding carboxylic acids is 1. The van der Waals surface area contributed by atoms with E-state index < -0.39 is 0 Å². The van der Waals surface area contributed by atoms with E-state index in [0.29, 0.717) is 30.6 Å². The van der Waals surface area contributed by atoms with Crippen LogP contribution < -0.4 is 16.4 Å². The third kappa shape index (κ3) is 5.52. The highest BCUT2D eigenvalue weighted by Crippen LogP contribution is 2.14. The van der Waals surface area contributed by atoms with Gasteiger partial charge in [-0.25, -0.2) is 9.97 Å². The average molecular weight is 267 g/mol. The molecular weight excluding hydrogens is 246 g/mol. The van der Waals surface area contributed by atoms with Crippen LogP contribution in [0.2, 0.25) is 0 Å². The first kappa shape index (κ1) is 15.2. The predicted octanol–water partition coefficient (Wildman–Crippen LogP) is 0.357. The second-order valence-electron chi connectivity index (χ2n) is 4.39. The number of aromatic nitrogens is 2. The van der Waals surface area contributed by atoms with Gasteiger partial charge in [0.15, 0.2) is 0 Å². The number of hydrogen-bond acceptors (Lipinski definition) is 6. The molecule has 0 radical (unpaired) electrons. The maximum absolute atomic E-state index is 11.5. The number of amides is 1. The van der Waals surface area contributed by atoms with E-state index in [1.165, 1.54) is 0 Å². The standard InChI is InChI=1S/C12H21N5O2/c1-8(2)12-16-9(13)6-10(17-12)15-7-11(18)14-4-5-19-3/h6,8H,4-5,7H2,1-3H3,(H,14,18)(H3,13,15,16,17). The number of ether oxygens (including phenoxy) is 1. The van der Waals surface area contributed by atoms with Crippen molar-refractivity contribution in [1.29, 1.82) is 0 Å². The van der Waals surface area contributed by atoms with Gasteiger partial charge >= 0.3 is 0 Å². The summed E-state index contributed by atoms with van der Waals surface area (Å²) in [5.41, 5.74) is 5.69. The lowest BCUT2D eigenvalue weighted by molar-refractivity contribution is -0.119. The zero-order valence-electron chi connectivity index (χ0n) is 11.6. The second-order valence-corrected chi connectivity index (χ2v) is 4.39. The van der Waals surface area contributed by atoms with E-state index in [9.17, 15) is 4.79 Å². The van der Waals surface area contributed by atoms with Gasteiger partial charge in [0.2, 0.25) is 5.91 Å². The first-order chi connectivity index (χ1) is 9.02. The molecule has 0 bridgehead atoms. The largest absolute Gasteiger partial charge is 0.384 e. The molecule has 106 valence electrons. The second kappa shape index (κ2) is 7.52. The molecule has 0 spiro atoms. The van der Waals surface area contributed by atoms with Crippen LogP contribution in [0, 0.1) is 0 Å². The van der Waals surface area contributed by atoms with Crippen molar-refractivity contribution in [2.75, 3.05) is 37.9 Å². The molecule has 0 aliphatic heterocycles. The Hall–Kier alpha value is -1.89. The molecule has 4 N–H and O–H groups in total. The molecule has 1 aromatic heterocycles. The molecule has 0 aliphatic carbocycles. The van der Waals surface area contributed by atoms with Crippen molar-refractivity contribution < 1.29 is 9.53 Å². The molecule has 0 saturated carbocycles. The van der Waals surface area contributed by atoms with Crippen molar-refractivity contribution in [3.05, 3.63) is 11.9 Å². The van der Waals surface area contributed by atoms with Gasteiger partial charge in [-0.1, -0.05) is 13.8 Å². The number of nitrogens with one attached hydrogen (secondary N) is 2. The Bertz CT molecular complexity index is 423. The summed E-state index contributed by atoms with van der Waals surface area (Å²) in [4.78, 5) is 19.9. The molecule has 0 aromatic carbocycles. The van der Waals surface area contributed by atoms with Gasteiger partial charge in [-0.15, -0.1) is 0 Å². The van der Waals surface area contributed by atoms with Crippen LogP contribution >= 0.6 is 0 Å². The van der Waals surface area contributed by atoms with E-state index >= 15 is 0 Å². The van der Waals surface area contributed by atoms with Gasteiger partial charge in [-0.2, -0.15) is 0 Å². The highest BCUT2D eigenvalue weighted by atomic mass is 16.5. The van der Waals surface area contributed by atoms with Crippen molar-refractivity contribution >= 4 is 17.5 Å². The Balaban J connectivity index is 2.50. The van der Waals surface area contributed by atoms with Crippen LogP contribution in [-0.2, 0) is 9.53 Å². The van der Waals surface area contributed by atoms with Crippen molar-refractivity contribution in [3.8, 4) is 0 Å². The minimum Gasteiger partial charge on any atom is -0.384 e. The molecule has 19 heavy (non-hydrogen) atoms. The fraction of sp³-hybridized carbons (Fsp3) is 0.583. The van der Waals surface area contributed by atoms with E-state index in [1.807, 2.05) is 13.8 Å². The molecule has 0 saturated heterocycles. The number of nitrogen functional groups attached to an aromatic ring is 1. The topological polar surface area (TPSA) is 102 Å². The highest BCUT2D eigenvalue weighted by Gasteiger charge is 2.07. The Labute approximate surface area is 113 Å². The van der Waals surface area contributed by atoms with Gasteiger partial charge in [0.05, 0.1) is 13.2 Å². The summed E-state index contributed by atoms with van der Waals surface area (Å²) in [5.74, 6) is 1.65. The molecule has 7 heteroatoms. The van der Waals surface area contributed by atoms with Gasteiger partial charge in [0.1, 0.15) is 17.5 Å². The molecule has 7 nitrogen and oxygen atoms in total. The first-order valence-electron chi connectivity index (χ1n) is 6.17. The Kier molecular flexibility index (Phi) is 6.01. The fourth-order valence-electron chi connectivity index (χ4n) is 1.36. The van der Waals surface area contributed by atoms with E-state index in [4.69, 9.17) is 10.5 Å². The number of carbonyl (C=O) groups is 1. The maximum Gasteiger partial charge on any atom is 0.239 e. The fourth-order valence-corrected chi connectivity index (χ4v) is 1.36. The van der Waals surface area contributed by atoms with Crippen LogP contribution in [-0.4, -0.2) is 42.7 Å². The molecular formula is C12H21N5O2. The van der Waals surface area contributed by atoms with E-state index in [0.717, 1.165) is 0 Å². The summed E-state index contributed by atoms with van der Waals surface area (Å²) >= 11 is 0. The number of hydrogen-bond donors (Lipinski definition) is 3. The molecule has 0 atom stereocenters. The minimum atomic E-state index is -0.125. The van der Waals surface area contributed by atoms with Crippen LogP contribution in [0.1, 0.15) is 25.6 Å². The predicted molar refractivity (Wildman–Crippen MR) is 73.9 cm³/mol. The lowest BCUT2D eigenvalue weighted by atomic mass is 10.2. The van der Waals surface area contributed by atoms with Gasteiger partial charge in [-0.3, -0.25) is 4.79 Å².